The molecule has 1 saturated heterocycles. The third-order valence-electron chi connectivity index (χ3n) is 3.15. The van der Waals surface area contributed by atoms with Crippen LogP contribution >= 0.6 is 11.6 Å². The summed E-state index contributed by atoms with van der Waals surface area (Å²) in [4.78, 5) is 15.7. The number of rotatable bonds is 1. The first-order valence-corrected chi connectivity index (χ1v) is 5.93. The lowest BCUT2D eigenvalue weighted by molar-refractivity contribution is -0.119. The highest BCUT2D eigenvalue weighted by Gasteiger charge is 2.26. The minimum atomic E-state index is 0.0824. The summed E-state index contributed by atoms with van der Waals surface area (Å²) >= 11 is 6.25. The van der Waals surface area contributed by atoms with Crippen molar-refractivity contribution in [2.24, 2.45) is 0 Å². The van der Waals surface area contributed by atoms with Gasteiger partial charge in [0.2, 0.25) is 5.91 Å². The van der Waals surface area contributed by atoms with Gasteiger partial charge in [-0.1, -0.05) is 23.7 Å². The van der Waals surface area contributed by atoms with Crippen LogP contribution in [-0.2, 0) is 4.79 Å². The molecular weight excluding hydrogens is 236 g/mol. The van der Waals surface area contributed by atoms with Gasteiger partial charge >= 0.3 is 0 Å². The van der Waals surface area contributed by atoms with Crippen molar-refractivity contribution in [3.63, 3.8) is 0 Å². The lowest BCUT2D eigenvalue weighted by atomic mass is 9.95. The van der Waals surface area contributed by atoms with Crippen molar-refractivity contribution in [3.05, 3.63) is 41.0 Å². The van der Waals surface area contributed by atoms with Crippen LogP contribution in [0.25, 0.3) is 10.9 Å². The van der Waals surface area contributed by atoms with E-state index in [1.807, 2.05) is 24.3 Å². The fourth-order valence-corrected chi connectivity index (χ4v) is 2.65. The molecule has 1 aliphatic rings. The van der Waals surface area contributed by atoms with Crippen LogP contribution in [0.15, 0.2) is 30.5 Å². The van der Waals surface area contributed by atoms with Gasteiger partial charge in [-0.25, -0.2) is 0 Å². The zero-order valence-corrected chi connectivity index (χ0v) is 9.87. The smallest absolute Gasteiger partial charge is 0.220 e. The topological polar surface area (TPSA) is 42.0 Å². The van der Waals surface area contributed by atoms with E-state index in [9.17, 15) is 4.79 Å². The Morgan fingerprint density at radius 2 is 2.24 bits per heavy atom. The van der Waals surface area contributed by atoms with Crippen molar-refractivity contribution in [1.29, 1.82) is 0 Å². The van der Waals surface area contributed by atoms with Crippen LogP contribution < -0.4 is 5.32 Å². The van der Waals surface area contributed by atoms with Crippen LogP contribution in [-0.4, -0.2) is 17.4 Å². The van der Waals surface area contributed by atoms with E-state index in [0.717, 1.165) is 16.5 Å². The fraction of sp³-hybridized carbons (Fsp3) is 0.231. The van der Waals surface area contributed by atoms with E-state index >= 15 is 0 Å². The monoisotopic (exact) mass is 246 g/mol. The average Bonchev–Trinajstić information content (AvgIpc) is 2.75. The third kappa shape index (κ3) is 1.76. The summed E-state index contributed by atoms with van der Waals surface area (Å²) in [6, 6.07) is 7.74. The van der Waals surface area contributed by atoms with E-state index in [-0.39, 0.29) is 11.8 Å². The zero-order chi connectivity index (χ0) is 11.8. The third-order valence-corrected chi connectivity index (χ3v) is 3.48. The number of halogens is 1. The van der Waals surface area contributed by atoms with Gasteiger partial charge in [0.1, 0.15) is 0 Å². The predicted molar refractivity (Wildman–Crippen MR) is 67.1 cm³/mol. The number of nitrogens with one attached hydrogen (secondary N) is 1. The Kier molecular flexibility index (Phi) is 2.48. The molecule has 86 valence electrons. The molecule has 1 unspecified atom stereocenters. The molecule has 1 aromatic heterocycles. The molecule has 1 aliphatic heterocycles. The molecule has 1 amide bonds. The van der Waals surface area contributed by atoms with E-state index < -0.39 is 0 Å². The molecular formula is C13H11ClN2O. The standard InChI is InChI=1S/C13H11ClN2O/c14-10-4-3-8-2-1-5-15-13(8)12(10)9-6-11(17)16-7-9/h1-5,9H,6-7H2,(H,16,17). The molecule has 0 bridgehead atoms. The summed E-state index contributed by atoms with van der Waals surface area (Å²) in [5.41, 5.74) is 1.89. The first kappa shape index (κ1) is 10.5. The molecule has 2 heterocycles. The summed E-state index contributed by atoms with van der Waals surface area (Å²) in [6.45, 7) is 0.647. The number of hydrogen-bond acceptors (Lipinski definition) is 2. The molecule has 4 heteroatoms. The number of nitrogens with zero attached hydrogens (tertiary/aromatic N) is 1. The Bertz CT molecular complexity index is 597. The van der Waals surface area contributed by atoms with Crippen molar-refractivity contribution in [3.8, 4) is 0 Å². The summed E-state index contributed by atoms with van der Waals surface area (Å²) in [7, 11) is 0. The Balaban J connectivity index is 2.20. The van der Waals surface area contributed by atoms with Crippen LogP contribution in [0.2, 0.25) is 5.02 Å². The Hall–Kier alpha value is -1.61. The maximum absolute atomic E-state index is 11.3. The molecule has 0 aliphatic carbocycles. The van der Waals surface area contributed by atoms with Crippen molar-refractivity contribution >= 4 is 28.4 Å². The number of aromatic nitrogens is 1. The van der Waals surface area contributed by atoms with Crippen LogP contribution in [0.4, 0.5) is 0 Å². The minimum absolute atomic E-state index is 0.0824. The largest absolute Gasteiger partial charge is 0.355 e. The Morgan fingerprint density at radius 1 is 1.35 bits per heavy atom. The second-order valence-corrected chi connectivity index (χ2v) is 4.65. The molecule has 1 atom stereocenters. The fourth-order valence-electron chi connectivity index (χ4n) is 2.34. The second kappa shape index (κ2) is 4.00. The molecule has 1 N–H and O–H groups in total. The molecule has 1 aromatic carbocycles. The van der Waals surface area contributed by atoms with Gasteiger partial charge in [0.25, 0.3) is 0 Å². The van der Waals surface area contributed by atoms with Gasteiger partial charge < -0.3 is 5.32 Å². The maximum atomic E-state index is 11.3. The van der Waals surface area contributed by atoms with Crippen LogP contribution in [0.1, 0.15) is 17.9 Å². The number of carbonyl (C=O) groups is 1. The zero-order valence-electron chi connectivity index (χ0n) is 9.11. The van der Waals surface area contributed by atoms with Gasteiger partial charge in [-0.2, -0.15) is 0 Å². The second-order valence-electron chi connectivity index (χ2n) is 4.24. The van der Waals surface area contributed by atoms with Crippen molar-refractivity contribution < 1.29 is 4.79 Å². The Morgan fingerprint density at radius 3 is 3.00 bits per heavy atom. The summed E-state index contributed by atoms with van der Waals surface area (Å²) < 4.78 is 0. The summed E-state index contributed by atoms with van der Waals surface area (Å²) in [5.74, 6) is 0.215. The lowest BCUT2D eigenvalue weighted by Crippen LogP contribution is -2.13. The van der Waals surface area contributed by atoms with Gasteiger partial charge in [-0.3, -0.25) is 9.78 Å². The molecule has 3 nitrogen and oxygen atoms in total. The number of amides is 1. The molecule has 3 rings (SSSR count). The van der Waals surface area contributed by atoms with Crippen LogP contribution in [0, 0.1) is 0 Å². The number of pyridine rings is 1. The highest BCUT2D eigenvalue weighted by Crippen LogP contribution is 2.34. The quantitative estimate of drug-likeness (QED) is 0.840. The number of carbonyl (C=O) groups excluding carboxylic acids is 1. The van der Waals surface area contributed by atoms with E-state index in [1.165, 1.54) is 0 Å². The van der Waals surface area contributed by atoms with Gasteiger partial charge in [0.15, 0.2) is 0 Å². The molecule has 0 saturated carbocycles. The summed E-state index contributed by atoms with van der Waals surface area (Å²) in [5, 5.41) is 4.59. The van der Waals surface area contributed by atoms with E-state index in [1.54, 1.807) is 6.20 Å². The van der Waals surface area contributed by atoms with Gasteiger partial charge in [0.05, 0.1) is 5.52 Å². The van der Waals surface area contributed by atoms with E-state index in [0.29, 0.717) is 18.0 Å². The van der Waals surface area contributed by atoms with E-state index in [4.69, 9.17) is 11.6 Å². The van der Waals surface area contributed by atoms with Gasteiger partial charge in [-0.05, 0) is 12.1 Å². The first-order valence-electron chi connectivity index (χ1n) is 5.55. The van der Waals surface area contributed by atoms with Gasteiger partial charge in [-0.15, -0.1) is 0 Å². The maximum Gasteiger partial charge on any atom is 0.220 e. The van der Waals surface area contributed by atoms with Crippen molar-refractivity contribution in [2.75, 3.05) is 6.54 Å². The average molecular weight is 247 g/mol. The van der Waals surface area contributed by atoms with Crippen molar-refractivity contribution in [1.82, 2.24) is 10.3 Å². The van der Waals surface area contributed by atoms with E-state index in [2.05, 4.69) is 10.3 Å². The molecule has 2 aromatic rings. The van der Waals surface area contributed by atoms with Crippen molar-refractivity contribution in [2.45, 2.75) is 12.3 Å². The molecule has 0 spiro atoms. The number of fused-ring (bicyclic) bond motifs is 1. The molecule has 1 fully saturated rings. The molecule has 0 radical (unpaired) electrons. The number of hydrogen-bond donors (Lipinski definition) is 1. The minimum Gasteiger partial charge on any atom is -0.355 e. The normalized spacial score (nSPS) is 19.6. The number of benzene rings is 1. The lowest BCUT2D eigenvalue weighted by Gasteiger charge is -2.12. The summed E-state index contributed by atoms with van der Waals surface area (Å²) in [6.07, 6.45) is 2.25. The highest BCUT2D eigenvalue weighted by atomic mass is 35.5. The van der Waals surface area contributed by atoms with Crippen LogP contribution in [0.3, 0.4) is 0 Å². The predicted octanol–water partition coefficient (Wildman–Crippen LogP) is 2.49. The Labute approximate surface area is 104 Å². The SMILES string of the molecule is O=C1CC(c2c(Cl)ccc3cccnc23)CN1. The van der Waals surface area contributed by atoms with Gasteiger partial charge in [0, 0.05) is 41.1 Å². The first-order chi connectivity index (χ1) is 8.25. The van der Waals surface area contributed by atoms with Crippen LogP contribution in [0.5, 0.6) is 0 Å². The molecule has 17 heavy (non-hydrogen) atoms. The highest BCUT2D eigenvalue weighted by molar-refractivity contribution is 6.32.